The fraction of sp³-hybridized carbons (Fsp3) is 0.955. The van der Waals surface area contributed by atoms with Gasteiger partial charge in [-0.1, -0.05) is 96.8 Å². The van der Waals surface area contributed by atoms with Crippen molar-refractivity contribution in [2.75, 3.05) is 13.2 Å². The first-order chi connectivity index (χ1) is 13.0. The molecule has 0 aromatic heterocycles. The Morgan fingerprint density at radius 3 is 1.63 bits per heavy atom. The van der Waals surface area contributed by atoms with Crippen molar-refractivity contribution in [3.8, 4) is 0 Å². The normalized spacial score (nSPS) is 14.7. The lowest BCUT2D eigenvalue weighted by molar-refractivity contribution is -0.166. The lowest BCUT2D eigenvalue weighted by Crippen LogP contribution is -2.50. The van der Waals surface area contributed by atoms with Crippen LogP contribution in [0.2, 0.25) is 0 Å². The molecule has 0 fully saturated rings. The first-order valence-electron chi connectivity index (χ1n) is 11.1. The maximum atomic E-state index is 10.8. The van der Waals surface area contributed by atoms with Gasteiger partial charge in [-0.25, -0.2) is 0 Å². The van der Waals surface area contributed by atoms with E-state index in [2.05, 4.69) is 6.92 Å². The molecule has 0 aliphatic rings. The van der Waals surface area contributed by atoms with Gasteiger partial charge in [0, 0.05) is 6.92 Å². The van der Waals surface area contributed by atoms with Crippen LogP contribution >= 0.6 is 0 Å². The van der Waals surface area contributed by atoms with Crippen LogP contribution in [0, 0.1) is 0 Å². The number of aliphatic hydroxyl groups is 3. The smallest absolute Gasteiger partial charge is 0.302 e. The van der Waals surface area contributed by atoms with Gasteiger partial charge >= 0.3 is 5.97 Å². The predicted molar refractivity (Wildman–Crippen MR) is 110 cm³/mol. The standard InChI is InChI=1S/C22H44O5/c1-3-4-5-6-7-8-9-10-11-12-13-14-15-16-17-21(25)22(26,18-23)19-27-20(2)24/h21,23,25-26H,3-19H2,1-2H3. The number of aliphatic hydroxyl groups excluding tert-OH is 2. The molecule has 0 saturated heterocycles. The highest BCUT2D eigenvalue weighted by molar-refractivity contribution is 5.65. The van der Waals surface area contributed by atoms with Crippen LogP contribution in [0.25, 0.3) is 0 Å². The summed E-state index contributed by atoms with van der Waals surface area (Å²) < 4.78 is 4.73. The minimum absolute atomic E-state index is 0.376. The van der Waals surface area contributed by atoms with E-state index in [1.165, 1.54) is 77.6 Å². The zero-order chi connectivity index (χ0) is 20.4. The second kappa shape index (κ2) is 17.4. The summed E-state index contributed by atoms with van der Waals surface area (Å²) in [6, 6.07) is 0. The van der Waals surface area contributed by atoms with Gasteiger partial charge in [-0.05, 0) is 6.42 Å². The van der Waals surface area contributed by atoms with Crippen LogP contribution in [0.5, 0.6) is 0 Å². The molecule has 0 saturated carbocycles. The van der Waals surface area contributed by atoms with E-state index in [1.54, 1.807) is 0 Å². The van der Waals surface area contributed by atoms with Crippen molar-refractivity contribution in [1.82, 2.24) is 0 Å². The summed E-state index contributed by atoms with van der Waals surface area (Å²) >= 11 is 0. The number of hydrogen-bond acceptors (Lipinski definition) is 5. The van der Waals surface area contributed by atoms with E-state index >= 15 is 0 Å². The molecule has 0 aliphatic carbocycles. The van der Waals surface area contributed by atoms with Crippen LogP contribution in [-0.4, -0.2) is 46.2 Å². The van der Waals surface area contributed by atoms with Crippen LogP contribution in [0.3, 0.4) is 0 Å². The van der Waals surface area contributed by atoms with Gasteiger partial charge in [0.1, 0.15) is 12.2 Å². The topological polar surface area (TPSA) is 87.0 Å². The fourth-order valence-corrected chi connectivity index (χ4v) is 3.27. The largest absolute Gasteiger partial charge is 0.463 e. The minimum Gasteiger partial charge on any atom is -0.463 e. The monoisotopic (exact) mass is 388 g/mol. The van der Waals surface area contributed by atoms with Crippen molar-refractivity contribution in [2.24, 2.45) is 0 Å². The summed E-state index contributed by atoms with van der Waals surface area (Å²) in [6.07, 6.45) is 17.0. The quantitative estimate of drug-likeness (QED) is 0.224. The van der Waals surface area contributed by atoms with E-state index in [0.717, 1.165) is 19.3 Å². The average Bonchev–Trinajstić information content (AvgIpc) is 2.66. The highest BCUT2D eigenvalue weighted by Crippen LogP contribution is 2.18. The second-order valence-corrected chi connectivity index (χ2v) is 7.94. The molecule has 2 atom stereocenters. The van der Waals surface area contributed by atoms with Crippen molar-refractivity contribution < 1.29 is 24.9 Å². The molecular formula is C22H44O5. The highest BCUT2D eigenvalue weighted by Gasteiger charge is 2.36. The molecule has 0 aliphatic heterocycles. The number of carbonyl (C=O) groups is 1. The summed E-state index contributed by atoms with van der Waals surface area (Å²) in [6.45, 7) is 2.49. The highest BCUT2D eigenvalue weighted by atomic mass is 16.5. The Labute approximate surface area is 166 Å². The molecule has 3 N–H and O–H groups in total. The number of unbranched alkanes of at least 4 members (excludes halogenated alkanes) is 13. The van der Waals surface area contributed by atoms with E-state index in [0.29, 0.717) is 6.42 Å². The Bertz CT molecular complexity index is 348. The summed E-state index contributed by atoms with van der Waals surface area (Å²) in [5.74, 6) is -0.537. The van der Waals surface area contributed by atoms with Gasteiger partial charge in [-0.2, -0.15) is 0 Å². The molecule has 5 heteroatoms. The van der Waals surface area contributed by atoms with Gasteiger partial charge in [-0.3, -0.25) is 4.79 Å². The van der Waals surface area contributed by atoms with Gasteiger partial charge < -0.3 is 20.1 Å². The third kappa shape index (κ3) is 15.0. The Balaban J connectivity index is 3.51. The van der Waals surface area contributed by atoms with Gasteiger partial charge in [0.15, 0.2) is 0 Å². The van der Waals surface area contributed by atoms with Gasteiger partial charge in [-0.15, -0.1) is 0 Å². The molecule has 0 amide bonds. The third-order valence-corrected chi connectivity index (χ3v) is 5.25. The predicted octanol–water partition coefficient (Wildman–Crippen LogP) is 4.51. The summed E-state index contributed by atoms with van der Waals surface area (Å²) in [5.41, 5.74) is -1.76. The van der Waals surface area contributed by atoms with Crippen molar-refractivity contribution in [1.29, 1.82) is 0 Å². The van der Waals surface area contributed by atoms with Crippen LogP contribution < -0.4 is 0 Å². The molecule has 0 bridgehead atoms. The number of hydrogen-bond donors (Lipinski definition) is 3. The SMILES string of the molecule is CCCCCCCCCCCCCCCCC(O)C(O)(CO)COC(C)=O. The van der Waals surface area contributed by atoms with Gasteiger partial charge in [0.25, 0.3) is 0 Å². The molecule has 0 heterocycles. The maximum absolute atomic E-state index is 10.8. The maximum Gasteiger partial charge on any atom is 0.302 e. The lowest BCUT2D eigenvalue weighted by Gasteiger charge is -2.30. The molecule has 5 nitrogen and oxygen atoms in total. The summed E-state index contributed by atoms with van der Waals surface area (Å²) in [4.78, 5) is 10.8. The first kappa shape index (κ1) is 26.4. The third-order valence-electron chi connectivity index (χ3n) is 5.25. The van der Waals surface area contributed by atoms with Crippen LogP contribution in [-0.2, 0) is 9.53 Å². The number of carbonyl (C=O) groups excluding carboxylic acids is 1. The lowest BCUT2D eigenvalue weighted by atomic mass is 9.93. The van der Waals surface area contributed by atoms with E-state index < -0.39 is 24.3 Å². The van der Waals surface area contributed by atoms with Crippen molar-refractivity contribution in [3.63, 3.8) is 0 Å². The number of esters is 1. The Hall–Kier alpha value is -0.650. The summed E-state index contributed by atoms with van der Waals surface area (Å²) in [5, 5.41) is 29.5. The minimum atomic E-state index is -1.76. The second-order valence-electron chi connectivity index (χ2n) is 7.94. The van der Waals surface area contributed by atoms with Crippen molar-refractivity contribution >= 4 is 5.97 Å². The molecule has 27 heavy (non-hydrogen) atoms. The first-order valence-corrected chi connectivity index (χ1v) is 11.1. The van der Waals surface area contributed by atoms with Crippen LogP contribution in [0.15, 0.2) is 0 Å². The zero-order valence-corrected chi connectivity index (χ0v) is 17.8. The number of rotatable bonds is 19. The Morgan fingerprint density at radius 1 is 0.852 bits per heavy atom. The zero-order valence-electron chi connectivity index (χ0n) is 17.8. The molecule has 0 rings (SSSR count). The summed E-state index contributed by atoms with van der Waals surface area (Å²) in [7, 11) is 0. The van der Waals surface area contributed by atoms with Gasteiger partial charge in [0.2, 0.25) is 0 Å². The van der Waals surface area contributed by atoms with Crippen LogP contribution in [0.1, 0.15) is 110 Å². The fourth-order valence-electron chi connectivity index (χ4n) is 3.27. The van der Waals surface area contributed by atoms with Gasteiger partial charge in [0.05, 0.1) is 12.7 Å². The molecule has 0 radical (unpaired) electrons. The molecule has 0 aromatic carbocycles. The van der Waals surface area contributed by atoms with Crippen LogP contribution in [0.4, 0.5) is 0 Å². The van der Waals surface area contributed by atoms with E-state index in [-0.39, 0.29) is 6.61 Å². The average molecular weight is 389 g/mol. The van der Waals surface area contributed by atoms with Crippen molar-refractivity contribution in [3.05, 3.63) is 0 Å². The molecule has 162 valence electrons. The molecule has 0 spiro atoms. The Morgan fingerprint density at radius 2 is 1.26 bits per heavy atom. The number of ether oxygens (including phenoxy) is 1. The van der Waals surface area contributed by atoms with E-state index in [9.17, 15) is 20.1 Å². The van der Waals surface area contributed by atoms with E-state index in [4.69, 9.17) is 4.74 Å². The van der Waals surface area contributed by atoms with Crippen molar-refractivity contribution in [2.45, 2.75) is 122 Å². The van der Waals surface area contributed by atoms with E-state index in [1.807, 2.05) is 0 Å². The Kier molecular flexibility index (Phi) is 17.0. The molecular weight excluding hydrogens is 344 g/mol. The molecule has 2 unspecified atom stereocenters. The molecule has 0 aromatic rings.